The summed E-state index contributed by atoms with van der Waals surface area (Å²) in [6.07, 6.45) is -1.97. The number of benzene rings is 1. The zero-order valence-corrected chi connectivity index (χ0v) is 19.3. The van der Waals surface area contributed by atoms with E-state index < -0.39 is 11.9 Å². The molecule has 5 nitrogen and oxygen atoms in total. The molecule has 1 saturated carbocycles. The van der Waals surface area contributed by atoms with Crippen molar-refractivity contribution in [3.63, 3.8) is 0 Å². The first kappa shape index (κ1) is 23.7. The van der Waals surface area contributed by atoms with Crippen LogP contribution in [0, 0.1) is 12.8 Å². The third-order valence-corrected chi connectivity index (χ3v) is 5.16. The molecule has 0 saturated heterocycles. The molecule has 0 bridgehead atoms. The number of aliphatic imine (C=N–C) groups is 1. The summed E-state index contributed by atoms with van der Waals surface area (Å²) >= 11 is 0.966. The van der Waals surface area contributed by atoms with Crippen LogP contribution in [0.3, 0.4) is 0 Å². The molecular weight excluding hydrogens is 516 g/mol. The fourth-order valence-corrected chi connectivity index (χ4v) is 3.26. The van der Waals surface area contributed by atoms with Crippen LogP contribution in [0.25, 0.3) is 0 Å². The minimum Gasteiger partial charge on any atom is -0.493 e. The minimum atomic E-state index is -4.42. The maximum atomic E-state index is 12.6. The van der Waals surface area contributed by atoms with Crippen LogP contribution in [0.15, 0.2) is 28.6 Å². The summed E-state index contributed by atoms with van der Waals surface area (Å²) in [6.45, 7) is 3.41. The minimum absolute atomic E-state index is 0. The Kier molecular flexibility index (Phi) is 8.56. The number of thiazole rings is 1. The highest BCUT2D eigenvalue weighted by Gasteiger charge is 2.33. The van der Waals surface area contributed by atoms with Gasteiger partial charge in [0.2, 0.25) is 0 Å². The zero-order chi connectivity index (χ0) is 20.1. The molecule has 0 spiro atoms. The molecule has 29 heavy (non-hydrogen) atoms. The molecule has 160 valence electrons. The molecule has 1 heterocycles. The number of rotatable bonds is 7. The Labute approximate surface area is 189 Å². The monoisotopic (exact) mass is 540 g/mol. The van der Waals surface area contributed by atoms with Crippen molar-refractivity contribution in [3.05, 3.63) is 45.4 Å². The van der Waals surface area contributed by atoms with Crippen molar-refractivity contribution in [2.45, 2.75) is 39.0 Å². The van der Waals surface area contributed by atoms with Crippen molar-refractivity contribution in [1.82, 2.24) is 15.6 Å². The highest BCUT2D eigenvalue weighted by Crippen LogP contribution is 2.31. The topological polar surface area (TPSA) is 58.5 Å². The number of hydrogen-bond acceptors (Lipinski definition) is 4. The molecule has 1 aliphatic carbocycles. The van der Waals surface area contributed by atoms with E-state index in [2.05, 4.69) is 20.6 Å². The zero-order valence-electron chi connectivity index (χ0n) is 16.2. The first-order valence-electron chi connectivity index (χ1n) is 9.03. The van der Waals surface area contributed by atoms with Gasteiger partial charge in [-0.1, -0.05) is 12.1 Å². The lowest BCUT2D eigenvalue weighted by molar-refractivity contribution is -0.140. The van der Waals surface area contributed by atoms with E-state index >= 15 is 0 Å². The van der Waals surface area contributed by atoms with Crippen LogP contribution in [0.1, 0.15) is 34.7 Å². The molecule has 0 radical (unpaired) electrons. The van der Waals surface area contributed by atoms with E-state index in [-0.39, 0.29) is 30.5 Å². The van der Waals surface area contributed by atoms with E-state index in [9.17, 15) is 13.2 Å². The van der Waals surface area contributed by atoms with E-state index in [0.717, 1.165) is 40.2 Å². The summed E-state index contributed by atoms with van der Waals surface area (Å²) in [7, 11) is 1.61. The van der Waals surface area contributed by atoms with Gasteiger partial charge in [0.15, 0.2) is 11.7 Å². The second-order valence-electron chi connectivity index (χ2n) is 6.77. The van der Waals surface area contributed by atoms with Gasteiger partial charge in [-0.25, -0.2) is 4.98 Å². The van der Waals surface area contributed by atoms with Crippen molar-refractivity contribution in [2.24, 2.45) is 10.9 Å². The first-order chi connectivity index (χ1) is 13.3. The van der Waals surface area contributed by atoms with Gasteiger partial charge in [-0.05, 0) is 37.3 Å². The first-order valence-corrected chi connectivity index (χ1v) is 9.91. The smallest absolute Gasteiger partial charge is 0.434 e. The molecule has 2 aromatic rings. The van der Waals surface area contributed by atoms with Crippen LogP contribution >= 0.6 is 35.3 Å². The number of nitrogens with one attached hydrogen (secondary N) is 2. The number of hydrogen-bond donors (Lipinski definition) is 2. The second kappa shape index (κ2) is 10.5. The third kappa shape index (κ3) is 7.32. The Morgan fingerprint density at radius 2 is 2.00 bits per heavy atom. The molecule has 1 aliphatic rings. The van der Waals surface area contributed by atoms with Gasteiger partial charge in [0, 0.05) is 24.5 Å². The Hall–Kier alpha value is -1.56. The SMILES string of the molecule is CN=C(NCc1nc(C(F)(F)F)cs1)NCc1ccc(C)cc1OCC1CC1.I. The van der Waals surface area contributed by atoms with Gasteiger partial charge in [0.05, 0.1) is 13.2 Å². The number of halogens is 4. The number of aryl methyl sites for hydroxylation is 1. The van der Waals surface area contributed by atoms with Crippen LogP contribution in [0.2, 0.25) is 0 Å². The lowest BCUT2D eigenvalue weighted by atomic mass is 10.1. The van der Waals surface area contributed by atoms with Crippen molar-refractivity contribution >= 4 is 41.3 Å². The molecule has 10 heteroatoms. The van der Waals surface area contributed by atoms with Gasteiger partial charge in [-0.3, -0.25) is 4.99 Å². The van der Waals surface area contributed by atoms with Crippen LogP contribution in [-0.2, 0) is 19.3 Å². The Bertz CT molecular complexity index is 837. The summed E-state index contributed by atoms with van der Waals surface area (Å²) in [5.41, 5.74) is 1.26. The quantitative estimate of drug-likeness (QED) is 0.303. The van der Waals surface area contributed by atoms with Crippen LogP contribution in [0.4, 0.5) is 13.2 Å². The maximum Gasteiger partial charge on any atom is 0.434 e. The fourth-order valence-electron chi connectivity index (χ4n) is 2.52. The number of ether oxygens (including phenoxy) is 1. The number of alkyl halides is 3. The molecular formula is C19H24F3IN4OS. The van der Waals surface area contributed by atoms with Gasteiger partial charge in [-0.2, -0.15) is 13.2 Å². The van der Waals surface area contributed by atoms with Gasteiger partial charge in [0.25, 0.3) is 0 Å². The number of guanidine groups is 1. The number of nitrogens with zero attached hydrogens (tertiary/aromatic N) is 2. The predicted molar refractivity (Wildman–Crippen MR) is 119 cm³/mol. The summed E-state index contributed by atoms with van der Waals surface area (Å²) in [5, 5.41) is 7.52. The number of aromatic nitrogens is 1. The fraction of sp³-hybridized carbons (Fsp3) is 0.474. The van der Waals surface area contributed by atoms with Gasteiger partial charge < -0.3 is 15.4 Å². The normalized spacial score (nSPS) is 14.3. The Balaban J connectivity index is 0.00000300. The van der Waals surface area contributed by atoms with Crippen molar-refractivity contribution in [2.75, 3.05) is 13.7 Å². The summed E-state index contributed by atoms with van der Waals surface area (Å²) < 4.78 is 43.9. The maximum absolute atomic E-state index is 12.6. The lowest BCUT2D eigenvalue weighted by Crippen LogP contribution is -2.36. The van der Waals surface area contributed by atoms with E-state index in [1.54, 1.807) is 7.05 Å². The highest BCUT2D eigenvalue weighted by molar-refractivity contribution is 14.0. The van der Waals surface area contributed by atoms with E-state index in [4.69, 9.17) is 4.74 Å². The molecule has 0 atom stereocenters. The van der Waals surface area contributed by atoms with E-state index in [1.807, 2.05) is 25.1 Å². The van der Waals surface area contributed by atoms with Gasteiger partial charge in [-0.15, -0.1) is 35.3 Å². The molecule has 3 rings (SSSR count). The standard InChI is InChI=1S/C19H23F3N4OS.HI/c1-12-3-6-14(15(7-12)27-10-13-4-5-13)8-24-18(23-2)25-9-17-26-16(11-28-17)19(20,21)22;/h3,6-7,11,13H,4-5,8-10H2,1-2H3,(H2,23,24,25);1H. The average molecular weight is 540 g/mol. The summed E-state index contributed by atoms with van der Waals surface area (Å²) in [6, 6.07) is 6.05. The predicted octanol–water partition coefficient (Wildman–Crippen LogP) is 4.74. The second-order valence-corrected chi connectivity index (χ2v) is 7.71. The molecule has 2 N–H and O–H groups in total. The lowest BCUT2D eigenvalue weighted by Gasteiger charge is -2.15. The van der Waals surface area contributed by atoms with Gasteiger partial charge in [0.1, 0.15) is 10.8 Å². The third-order valence-electron chi connectivity index (χ3n) is 4.31. The largest absolute Gasteiger partial charge is 0.493 e. The van der Waals surface area contributed by atoms with Crippen LogP contribution in [-0.4, -0.2) is 24.6 Å². The molecule has 1 aromatic heterocycles. The molecule has 1 fully saturated rings. The highest BCUT2D eigenvalue weighted by atomic mass is 127. The molecule has 0 unspecified atom stereocenters. The van der Waals surface area contributed by atoms with Crippen molar-refractivity contribution < 1.29 is 17.9 Å². The van der Waals surface area contributed by atoms with Gasteiger partial charge >= 0.3 is 6.18 Å². The summed E-state index contributed by atoms with van der Waals surface area (Å²) in [5.74, 6) is 2.00. The molecule has 1 aromatic carbocycles. The van der Waals surface area contributed by atoms with Crippen molar-refractivity contribution in [3.8, 4) is 5.75 Å². The van der Waals surface area contributed by atoms with Crippen molar-refractivity contribution in [1.29, 1.82) is 0 Å². The van der Waals surface area contributed by atoms with E-state index in [0.29, 0.717) is 23.4 Å². The molecule has 0 amide bonds. The summed E-state index contributed by atoms with van der Waals surface area (Å²) in [4.78, 5) is 7.72. The average Bonchev–Trinajstić information content (AvgIpc) is 3.35. The molecule has 0 aliphatic heterocycles. The Morgan fingerprint density at radius 1 is 1.28 bits per heavy atom. The van der Waals surface area contributed by atoms with Crippen LogP contribution in [0.5, 0.6) is 5.75 Å². The van der Waals surface area contributed by atoms with Crippen LogP contribution < -0.4 is 15.4 Å². The Morgan fingerprint density at radius 3 is 2.62 bits per heavy atom. The van der Waals surface area contributed by atoms with E-state index in [1.165, 1.54) is 12.8 Å².